The molecule has 0 aromatic carbocycles. The zero-order valence-electron chi connectivity index (χ0n) is 4.22. The molecule has 0 spiro atoms. The molecule has 0 radical (unpaired) electrons. The Bertz CT molecular complexity index is 103. The van der Waals surface area contributed by atoms with Crippen molar-refractivity contribution in [2.24, 2.45) is 4.99 Å². The maximum Gasteiger partial charge on any atom is 0.235 e. The van der Waals surface area contributed by atoms with E-state index in [2.05, 4.69) is 11.6 Å². The molecular formula is C5H7NO. The van der Waals surface area contributed by atoms with Gasteiger partial charge in [0.15, 0.2) is 0 Å². The van der Waals surface area contributed by atoms with E-state index in [0.29, 0.717) is 0 Å². The molecule has 0 N–H and O–H groups in total. The highest BCUT2D eigenvalue weighted by molar-refractivity contribution is 5.33. The van der Waals surface area contributed by atoms with Gasteiger partial charge >= 0.3 is 0 Å². The minimum absolute atomic E-state index is 0.0856. The topological polar surface area (TPSA) is 29.4 Å². The second-order valence-electron chi connectivity index (χ2n) is 1.20. The Morgan fingerprint density at radius 1 is 2.00 bits per heavy atom. The standard InChI is InChI=1S/C5H7NO/c1-3-5(2)6-4-7/h3,5H,1H2,2H3. The lowest BCUT2D eigenvalue weighted by Crippen LogP contribution is -1.87. The Hall–Kier alpha value is -0.880. The molecule has 7 heavy (non-hydrogen) atoms. The fraction of sp³-hybridized carbons (Fsp3) is 0.400. The zero-order valence-corrected chi connectivity index (χ0v) is 4.22. The van der Waals surface area contributed by atoms with Crippen LogP contribution in [0.4, 0.5) is 0 Å². The molecule has 0 fully saturated rings. The highest BCUT2D eigenvalue weighted by Crippen LogP contribution is 1.84. The van der Waals surface area contributed by atoms with Crippen LogP contribution in [0.1, 0.15) is 6.92 Å². The van der Waals surface area contributed by atoms with E-state index in [-0.39, 0.29) is 6.04 Å². The molecule has 0 aliphatic carbocycles. The monoisotopic (exact) mass is 97.1 g/mol. The van der Waals surface area contributed by atoms with E-state index in [9.17, 15) is 4.79 Å². The number of hydrogen-bond donors (Lipinski definition) is 0. The largest absolute Gasteiger partial charge is 0.235 e. The summed E-state index contributed by atoms with van der Waals surface area (Å²) in [6.45, 7) is 5.17. The van der Waals surface area contributed by atoms with Crippen LogP contribution in [0.15, 0.2) is 17.6 Å². The second-order valence-corrected chi connectivity index (χ2v) is 1.20. The van der Waals surface area contributed by atoms with Crippen LogP contribution in [0.25, 0.3) is 0 Å². The van der Waals surface area contributed by atoms with Crippen molar-refractivity contribution >= 4 is 6.08 Å². The van der Waals surface area contributed by atoms with Crippen LogP contribution in [0, 0.1) is 0 Å². The molecule has 38 valence electrons. The lowest BCUT2D eigenvalue weighted by Gasteiger charge is -1.86. The molecule has 0 aromatic rings. The van der Waals surface area contributed by atoms with E-state index < -0.39 is 0 Å². The number of rotatable bonds is 2. The summed E-state index contributed by atoms with van der Waals surface area (Å²) in [6, 6.07) is -0.0856. The van der Waals surface area contributed by atoms with Crippen molar-refractivity contribution in [3.8, 4) is 0 Å². The van der Waals surface area contributed by atoms with Crippen molar-refractivity contribution < 1.29 is 4.79 Å². The van der Waals surface area contributed by atoms with Gasteiger partial charge in [-0.05, 0) is 6.92 Å². The third-order valence-corrected chi connectivity index (χ3v) is 0.597. The van der Waals surface area contributed by atoms with Crippen LogP contribution in [0.5, 0.6) is 0 Å². The molecule has 0 aromatic heterocycles. The van der Waals surface area contributed by atoms with Gasteiger partial charge in [-0.1, -0.05) is 6.08 Å². The lowest BCUT2D eigenvalue weighted by atomic mass is 10.4. The second kappa shape index (κ2) is 3.32. The average molecular weight is 97.1 g/mol. The van der Waals surface area contributed by atoms with Gasteiger partial charge in [-0.2, -0.15) is 4.99 Å². The SMILES string of the molecule is C=CC(C)N=C=O. The van der Waals surface area contributed by atoms with E-state index >= 15 is 0 Å². The molecule has 1 unspecified atom stereocenters. The van der Waals surface area contributed by atoms with Gasteiger partial charge in [0.2, 0.25) is 6.08 Å². The van der Waals surface area contributed by atoms with Gasteiger partial charge in [-0.3, -0.25) is 0 Å². The first kappa shape index (κ1) is 6.12. The van der Waals surface area contributed by atoms with E-state index in [4.69, 9.17) is 0 Å². The van der Waals surface area contributed by atoms with Gasteiger partial charge in [-0.15, -0.1) is 6.58 Å². The van der Waals surface area contributed by atoms with E-state index in [1.54, 1.807) is 13.0 Å². The van der Waals surface area contributed by atoms with E-state index in [1.807, 2.05) is 0 Å². The van der Waals surface area contributed by atoms with Crippen molar-refractivity contribution in [2.45, 2.75) is 13.0 Å². The number of aliphatic imine (C=N–C) groups is 1. The van der Waals surface area contributed by atoms with Crippen LogP contribution in [-0.2, 0) is 4.79 Å². The first-order valence-corrected chi connectivity index (χ1v) is 2.00. The lowest BCUT2D eigenvalue weighted by molar-refractivity contribution is 0.561. The van der Waals surface area contributed by atoms with Crippen molar-refractivity contribution in [3.05, 3.63) is 12.7 Å². The molecule has 0 aliphatic rings. The summed E-state index contributed by atoms with van der Waals surface area (Å²) in [7, 11) is 0. The predicted octanol–water partition coefficient (Wildman–Crippen LogP) is 0.897. The maximum atomic E-state index is 9.43. The Morgan fingerprint density at radius 2 is 2.57 bits per heavy atom. The van der Waals surface area contributed by atoms with Crippen molar-refractivity contribution in [1.82, 2.24) is 0 Å². The molecular weight excluding hydrogens is 90.1 g/mol. The third kappa shape index (κ3) is 2.94. The number of carbonyl (C=O) groups excluding carboxylic acids is 1. The Kier molecular flexibility index (Phi) is 2.90. The molecule has 2 nitrogen and oxygen atoms in total. The van der Waals surface area contributed by atoms with E-state index in [1.165, 1.54) is 6.08 Å². The Labute approximate surface area is 42.6 Å². The highest BCUT2D eigenvalue weighted by atomic mass is 16.1. The van der Waals surface area contributed by atoms with Crippen LogP contribution >= 0.6 is 0 Å². The van der Waals surface area contributed by atoms with Gasteiger partial charge in [0, 0.05) is 0 Å². The molecule has 0 aliphatic heterocycles. The number of hydrogen-bond acceptors (Lipinski definition) is 2. The van der Waals surface area contributed by atoms with Crippen LogP contribution < -0.4 is 0 Å². The molecule has 0 rings (SSSR count). The third-order valence-electron chi connectivity index (χ3n) is 0.597. The maximum absolute atomic E-state index is 9.43. The zero-order chi connectivity index (χ0) is 5.70. The summed E-state index contributed by atoms with van der Waals surface area (Å²) in [6.07, 6.45) is 3.00. The first-order valence-electron chi connectivity index (χ1n) is 2.00. The summed E-state index contributed by atoms with van der Waals surface area (Å²) >= 11 is 0. The van der Waals surface area contributed by atoms with Gasteiger partial charge in [0.25, 0.3) is 0 Å². The summed E-state index contributed by atoms with van der Waals surface area (Å²) < 4.78 is 0. The fourth-order valence-electron chi connectivity index (χ4n) is 0.136. The minimum Gasteiger partial charge on any atom is -0.211 e. The molecule has 0 saturated heterocycles. The average Bonchev–Trinajstić information content (AvgIpc) is 1.68. The van der Waals surface area contributed by atoms with Crippen LogP contribution in [0.3, 0.4) is 0 Å². The van der Waals surface area contributed by atoms with Crippen molar-refractivity contribution in [2.75, 3.05) is 0 Å². The normalized spacial score (nSPS) is 11.6. The molecule has 2 heteroatoms. The van der Waals surface area contributed by atoms with Crippen LogP contribution in [0.2, 0.25) is 0 Å². The summed E-state index contributed by atoms with van der Waals surface area (Å²) in [5.41, 5.74) is 0. The Morgan fingerprint density at radius 3 is 2.71 bits per heavy atom. The molecule has 0 amide bonds. The van der Waals surface area contributed by atoms with E-state index in [0.717, 1.165) is 0 Å². The molecule has 0 saturated carbocycles. The summed E-state index contributed by atoms with van der Waals surface area (Å²) in [4.78, 5) is 12.8. The first-order chi connectivity index (χ1) is 3.31. The molecule has 0 heterocycles. The molecule has 1 atom stereocenters. The fourth-order valence-corrected chi connectivity index (χ4v) is 0.136. The Balaban J connectivity index is 3.56. The van der Waals surface area contributed by atoms with Gasteiger partial charge in [0.05, 0.1) is 6.04 Å². The summed E-state index contributed by atoms with van der Waals surface area (Å²) in [5, 5.41) is 0. The summed E-state index contributed by atoms with van der Waals surface area (Å²) in [5.74, 6) is 0. The smallest absolute Gasteiger partial charge is 0.211 e. The molecule has 0 bridgehead atoms. The van der Waals surface area contributed by atoms with Crippen molar-refractivity contribution in [1.29, 1.82) is 0 Å². The quantitative estimate of drug-likeness (QED) is 0.286. The van der Waals surface area contributed by atoms with Gasteiger partial charge in [0.1, 0.15) is 0 Å². The number of nitrogens with zero attached hydrogens (tertiary/aromatic N) is 1. The van der Waals surface area contributed by atoms with Gasteiger partial charge < -0.3 is 0 Å². The number of isocyanates is 1. The van der Waals surface area contributed by atoms with Gasteiger partial charge in [-0.25, -0.2) is 4.79 Å². The van der Waals surface area contributed by atoms with Crippen molar-refractivity contribution in [3.63, 3.8) is 0 Å². The highest BCUT2D eigenvalue weighted by Gasteiger charge is 1.83. The minimum atomic E-state index is -0.0856. The van der Waals surface area contributed by atoms with Crippen LogP contribution in [-0.4, -0.2) is 12.1 Å². The predicted molar refractivity (Wildman–Crippen MR) is 27.8 cm³/mol.